The molecule has 1 aliphatic rings. The Hall–Kier alpha value is -1.80. The van der Waals surface area contributed by atoms with Crippen molar-refractivity contribution in [1.29, 1.82) is 5.26 Å². The molecule has 1 heterocycles. The van der Waals surface area contributed by atoms with Crippen LogP contribution in [0.1, 0.15) is 11.1 Å². The molecule has 0 N–H and O–H groups in total. The van der Waals surface area contributed by atoms with Crippen molar-refractivity contribution in [3.05, 3.63) is 35.4 Å². The van der Waals surface area contributed by atoms with E-state index in [9.17, 15) is 4.79 Å². The molecule has 0 radical (unpaired) electrons. The normalized spacial score (nSPS) is 15.6. The van der Waals surface area contributed by atoms with Crippen molar-refractivity contribution in [2.45, 2.75) is 0 Å². The molecule has 0 spiro atoms. The maximum Gasteiger partial charge on any atom is 0.301 e. The Morgan fingerprint density at radius 2 is 2.12 bits per heavy atom. The lowest BCUT2D eigenvalue weighted by Gasteiger charge is -2.18. The van der Waals surface area contributed by atoms with E-state index in [1.54, 1.807) is 19.2 Å². The summed E-state index contributed by atoms with van der Waals surface area (Å²) in [5, 5.41) is 14.2. The van der Waals surface area contributed by atoms with Crippen LogP contribution < -0.4 is 0 Å². The van der Waals surface area contributed by atoms with Crippen LogP contribution in [0.5, 0.6) is 0 Å². The average Bonchev–Trinajstić information content (AvgIpc) is 2.33. The summed E-state index contributed by atoms with van der Waals surface area (Å²) >= 11 is 1.23. The fourth-order valence-corrected chi connectivity index (χ4v) is 2.06. The maximum absolute atomic E-state index is 11.2. The van der Waals surface area contributed by atoms with E-state index in [-0.39, 0.29) is 5.24 Å². The second kappa shape index (κ2) is 4.37. The van der Waals surface area contributed by atoms with Gasteiger partial charge in [0.25, 0.3) is 0 Å². The lowest BCUT2D eigenvalue weighted by atomic mass is 10.1. The zero-order valence-electron chi connectivity index (χ0n) is 8.67. The van der Waals surface area contributed by atoms with E-state index >= 15 is 0 Å². The number of hydrogen-bond donors (Lipinski definition) is 0. The number of thioether (sulfide) groups is 1. The lowest BCUT2D eigenvalue weighted by molar-refractivity contribution is 0.235. The van der Waals surface area contributed by atoms with E-state index < -0.39 is 0 Å². The number of rotatable bonds is 1. The summed E-state index contributed by atoms with van der Waals surface area (Å²) in [6, 6.07) is 9.26. The Labute approximate surface area is 97.6 Å². The largest absolute Gasteiger partial charge is 0.301 e. The molecule has 16 heavy (non-hydrogen) atoms. The Morgan fingerprint density at radius 1 is 1.44 bits per heavy atom. The summed E-state index contributed by atoms with van der Waals surface area (Å²) in [7, 11) is 1.64. The third-order valence-electron chi connectivity index (χ3n) is 2.21. The molecule has 4 nitrogen and oxygen atoms in total. The predicted molar refractivity (Wildman–Crippen MR) is 63.3 cm³/mol. The van der Waals surface area contributed by atoms with Crippen LogP contribution in [-0.4, -0.2) is 28.8 Å². The second-order valence-electron chi connectivity index (χ2n) is 3.31. The van der Waals surface area contributed by atoms with Crippen molar-refractivity contribution in [2.24, 2.45) is 5.10 Å². The van der Waals surface area contributed by atoms with Crippen LogP contribution in [0, 0.1) is 11.3 Å². The smallest absolute Gasteiger partial charge is 0.260 e. The Kier molecular flexibility index (Phi) is 2.93. The minimum absolute atomic E-state index is 0.0441. The third-order valence-corrected chi connectivity index (χ3v) is 3.14. The van der Waals surface area contributed by atoms with Gasteiger partial charge in [-0.2, -0.15) is 10.4 Å². The number of amides is 1. The second-order valence-corrected chi connectivity index (χ2v) is 4.24. The fraction of sp³-hybridized carbons (Fsp3) is 0.182. The monoisotopic (exact) mass is 231 g/mol. The summed E-state index contributed by atoms with van der Waals surface area (Å²) in [5.74, 6) is 0.578. The van der Waals surface area contributed by atoms with Crippen LogP contribution in [-0.2, 0) is 0 Å². The van der Waals surface area contributed by atoms with Crippen LogP contribution in [0.3, 0.4) is 0 Å². The zero-order valence-corrected chi connectivity index (χ0v) is 9.49. The van der Waals surface area contributed by atoms with Crippen molar-refractivity contribution in [2.75, 3.05) is 12.8 Å². The van der Waals surface area contributed by atoms with Crippen LogP contribution in [0.2, 0.25) is 0 Å². The van der Waals surface area contributed by atoms with Crippen LogP contribution >= 0.6 is 11.8 Å². The number of carbonyl (C=O) groups is 1. The van der Waals surface area contributed by atoms with E-state index in [1.165, 1.54) is 16.8 Å². The summed E-state index contributed by atoms with van der Waals surface area (Å²) in [6.45, 7) is 0. The van der Waals surface area contributed by atoms with E-state index in [0.717, 1.165) is 11.3 Å². The van der Waals surface area contributed by atoms with Crippen molar-refractivity contribution in [3.63, 3.8) is 0 Å². The Balaban J connectivity index is 2.28. The third kappa shape index (κ3) is 2.07. The van der Waals surface area contributed by atoms with Gasteiger partial charge in [0.15, 0.2) is 0 Å². The van der Waals surface area contributed by atoms with Crippen LogP contribution in [0.4, 0.5) is 4.79 Å². The molecule has 1 aliphatic heterocycles. The highest BCUT2D eigenvalue weighted by molar-refractivity contribution is 8.14. The minimum atomic E-state index is -0.0441. The minimum Gasteiger partial charge on any atom is -0.260 e. The molecule has 0 bridgehead atoms. The first-order valence-corrected chi connectivity index (χ1v) is 5.68. The molecule has 0 aliphatic carbocycles. The van der Waals surface area contributed by atoms with Gasteiger partial charge < -0.3 is 0 Å². The molecule has 1 amide bonds. The van der Waals surface area contributed by atoms with Gasteiger partial charge in [0.2, 0.25) is 0 Å². The van der Waals surface area contributed by atoms with Crippen molar-refractivity contribution >= 4 is 22.7 Å². The maximum atomic E-state index is 11.2. The first-order valence-electron chi connectivity index (χ1n) is 4.69. The van der Waals surface area contributed by atoms with Crippen molar-refractivity contribution in [1.82, 2.24) is 5.01 Å². The predicted octanol–water partition coefficient (Wildman–Crippen LogP) is 2.06. The molecule has 0 aromatic heterocycles. The number of hydrazone groups is 1. The lowest BCUT2D eigenvalue weighted by Crippen LogP contribution is -2.26. The molecule has 0 saturated heterocycles. The fourth-order valence-electron chi connectivity index (χ4n) is 1.35. The van der Waals surface area contributed by atoms with E-state index in [4.69, 9.17) is 5.26 Å². The molecular formula is C11H9N3OS. The zero-order chi connectivity index (χ0) is 11.5. The van der Waals surface area contributed by atoms with Gasteiger partial charge in [0.1, 0.15) is 0 Å². The summed E-state index contributed by atoms with van der Waals surface area (Å²) in [5.41, 5.74) is 2.43. The number of hydrogen-bond acceptors (Lipinski definition) is 4. The van der Waals surface area contributed by atoms with E-state index in [1.807, 2.05) is 12.1 Å². The molecule has 1 aromatic rings. The van der Waals surface area contributed by atoms with E-state index in [0.29, 0.717) is 11.3 Å². The Bertz CT molecular complexity index is 487. The first kappa shape index (κ1) is 10.7. The molecule has 0 fully saturated rings. The molecule has 0 saturated carbocycles. The SMILES string of the molecule is CN1N=C(c2ccc(C#N)cc2)CSC1=O. The van der Waals surface area contributed by atoms with Gasteiger partial charge in [-0.25, -0.2) is 5.01 Å². The molecular weight excluding hydrogens is 222 g/mol. The van der Waals surface area contributed by atoms with Gasteiger partial charge in [-0.1, -0.05) is 23.9 Å². The molecule has 5 heteroatoms. The topological polar surface area (TPSA) is 56.5 Å². The van der Waals surface area contributed by atoms with Gasteiger partial charge in [-0.05, 0) is 17.7 Å². The molecule has 2 rings (SSSR count). The molecule has 1 aromatic carbocycles. The van der Waals surface area contributed by atoms with Gasteiger partial charge in [0, 0.05) is 12.8 Å². The summed E-state index contributed by atoms with van der Waals surface area (Å²) in [6.07, 6.45) is 0. The van der Waals surface area contributed by atoms with Gasteiger partial charge in [-0.3, -0.25) is 4.79 Å². The number of nitriles is 1. The van der Waals surface area contributed by atoms with Crippen LogP contribution in [0.25, 0.3) is 0 Å². The first-order chi connectivity index (χ1) is 7.70. The summed E-state index contributed by atoms with van der Waals surface area (Å²) < 4.78 is 0. The van der Waals surface area contributed by atoms with Gasteiger partial charge >= 0.3 is 5.24 Å². The highest BCUT2D eigenvalue weighted by atomic mass is 32.2. The highest BCUT2D eigenvalue weighted by Gasteiger charge is 2.18. The average molecular weight is 231 g/mol. The Morgan fingerprint density at radius 3 is 2.69 bits per heavy atom. The molecule has 0 unspecified atom stereocenters. The quantitative estimate of drug-likeness (QED) is 0.743. The number of nitrogens with zero attached hydrogens (tertiary/aromatic N) is 3. The van der Waals surface area contributed by atoms with Crippen LogP contribution in [0.15, 0.2) is 29.4 Å². The van der Waals surface area contributed by atoms with E-state index in [2.05, 4.69) is 11.2 Å². The number of carbonyl (C=O) groups excluding carboxylic acids is 1. The molecule has 0 atom stereocenters. The van der Waals surface area contributed by atoms with Gasteiger partial charge in [-0.15, -0.1) is 0 Å². The standard InChI is InChI=1S/C11H9N3OS/c1-14-11(15)16-7-10(13-14)9-4-2-8(6-12)3-5-9/h2-5H,7H2,1H3. The molecule has 80 valence electrons. The van der Waals surface area contributed by atoms with Crippen molar-refractivity contribution in [3.8, 4) is 6.07 Å². The number of benzene rings is 1. The van der Waals surface area contributed by atoms with Gasteiger partial charge in [0.05, 0.1) is 17.3 Å². The highest BCUT2D eigenvalue weighted by Crippen LogP contribution is 2.18. The summed E-state index contributed by atoms with van der Waals surface area (Å²) in [4.78, 5) is 11.2. The van der Waals surface area contributed by atoms with Crippen molar-refractivity contribution < 1.29 is 4.79 Å².